The smallest absolute Gasteiger partial charge is 0.273 e. The van der Waals surface area contributed by atoms with Crippen molar-refractivity contribution in [2.45, 2.75) is 57.5 Å². The molecule has 0 bridgehead atoms. The Bertz CT molecular complexity index is 1590. The van der Waals surface area contributed by atoms with Gasteiger partial charge in [0.1, 0.15) is 24.1 Å². The van der Waals surface area contributed by atoms with Crippen molar-refractivity contribution < 1.29 is 32.4 Å². The van der Waals surface area contributed by atoms with Gasteiger partial charge in [0.15, 0.2) is 0 Å². The monoisotopic (exact) mass is 640 g/mol. The molecule has 12 nitrogen and oxygen atoms in total. The lowest BCUT2D eigenvalue weighted by Crippen LogP contribution is -2.52. The number of ether oxygens (including phenoxy) is 2. The SMILES string of the molecule is CCCCNC(=O)[C@@H](CC)N(Cc1cccc(OC)c1)C(=O)CN(c1ccc(OC)cc1)S(=O)(=O)c1ccc(C)c([N+](=O)[O-])c1. The number of carbonyl (C=O) groups excluding carboxylic acids is 2. The second-order valence-electron chi connectivity index (χ2n) is 10.4. The summed E-state index contributed by atoms with van der Waals surface area (Å²) in [4.78, 5) is 39.6. The number of methoxy groups -OCH3 is 2. The standard InChI is InChI=1S/C32H40N4O8S/c1-6-8-18-33-32(38)29(7-2)34(21-24-10-9-11-27(19-24)44-5)31(37)22-35(25-13-15-26(43-4)16-14-25)45(41,42)28-17-12-23(3)30(20-28)36(39)40/h9-17,19-20,29H,6-8,18,21-22H2,1-5H3,(H,33,38)/t29-/m1/s1. The van der Waals surface area contributed by atoms with E-state index in [0.717, 1.165) is 23.2 Å². The van der Waals surface area contributed by atoms with Gasteiger partial charge in [-0.25, -0.2) is 8.42 Å². The molecule has 0 heterocycles. The van der Waals surface area contributed by atoms with Gasteiger partial charge in [0.2, 0.25) is 11.8 Å². The molecule has 3 rings (SSSR count). The number of sulfonamides is 1. The molecule has 0 saturated heterocycles. The van der Waals surface area contributed by atoms with Gasteiger partial charge in [-0.3, -0.25) is 24.0 Å². The third-order valence-electron chi connectivity index (χ3n) is 7.31. The van der Waals surface area contributed by atoms with Gasteiger partial charge in [-0.05, 0) is 67.8 Å². The summed E-state index contributed by atoms with van der Waals surface area (Å²) in [5.74, 6) is 0.0260. The first kappa shape index (κ1) is 34.8. The molecule has 0 aliphatic heterocycles. The van der Waals surface area contributed by atoms with Gasteiger partial charge in [0.25, 0.3) is 15.7 Å². The molecule has 2 amide bonds. The highest BCUT2D eigenvalue weighted by Crippen LogP contribution is 2.30. The molecule has 0 aliphatic rings. The van der Waals surface area contributed by atoms with Gasteiger partial charge in [-0.1, -0.05) is 38.5 Å². The third kappa shape index (κ3) is 8.72. The first-order valence-corrected chi connectivity index (χ1v) is 16.0. The maximum absolute atomic E-state index is 14.2. The van der Waals surface area contributed by atoms with Gasteiger partial charge < -0.3 is 19.7 Å². The minimum Gasteiger partial charge on any atom is -0.497 e. The summed E-state index contributed by atoms with van der Waals surface area (Å²) in [5.41, 5.74) is 0.728. The molecule has 242 valence electrons. The Hall–Kier alpha value is -4.65. The zero-order chi connectivity index (χ0) is 33.1. The summed E-state index contributed by atoms with van der Waals surface area (Å²) >= 11 is 0. The van der Waals surface area contributed by atoms with Crippen molar-refractivity contribution in [3.05, 3.63) is 88.0 Å². The second-order valence-corrected chi connectivity index (χ2v) is 12.2. The zero-order valence-electron chi connectivity index (χ0n) is 26.2. The number of unbranched alkanes of at least 4 members (excludes halogenated alkanes) is 1. The third-order valence-corrected chi connectivity index (χ3v) is 9.08. The lowest BCUT2D eigenvalue weighted by Gasteiger charge is -2.33. The first-order chi connectivity index (χ1) is 21.5. The quantitative estimate of drug-likeness (QED) is 0.133. The summed E-state index contributed by atoms with van der Waals surface area (Å²) in [6.45, 7) is 5.04. The first-order valence-electron chi connectivity index (χ1n) is 14.6. The summed E-state index contributed by atoms with van der Waals surface area (Å²) in [5, 5.41) is 14.5. The zero-order valence-corrected chi connectivity index (χ0v) is 27.0. The van der Waals surface area contributed by atoms with Crippen molar-refractivity contribution in [3.8, 4) is 11.5 Å². The second kappa shape index (κ2) is 15.9. The van der Waals surface area contributed by atoms with E-state index in [1.54, 1.807) is 43.3 Å². The van der Waals surface area contributed by atoms with E-state index in [-0.39, 0.29) is 40.7 Å². The molecule has 0 fully saturated rings. The van der Waals surface area contributed by atoms with E-state index in [1.165, 1.54) is 50.3 Å². The Labute approximate surface area is 264 Å². The van der Waals surface area contributed by atoms with Crippen molar-refractivity contribution in [2.24, 2.45) is 0 Å². The predicted octanol–water partition coefficient (Wildman–Crippen LogP) is 4.84. The van der Waals surface area contributed by atoms with Crippen LogP contribution in [0.4, 0.5) is 11.4 Å². The molecule has 0 aliphatic carbocycles. The van der Waals surface area contributed by atoms with Gasteiger partial charge in [0, 0.05) is 24.7 Å². The lowest BCUT2D eigenvalue weighted by atomic mass is 10.1. The van der Waals surface area contributed by atoms with Crippen LogP contribution in [0.25, 0.3) is 0 Å². The average Bonchev–Trinajstić information content (AvgIpc) is 3.03. The maximum Gasteiger partial charge on any atom is 0.273 e. The Morgan fingerprint density at radius 3 is 2.27 bits per heavy atom. The number of benzene rings is 3. The molecule has 0 radical (unpaired) electrons. The number of hydrogen-bond donors (Lipinski definition) is 1. The number of hydrogen-bond acceptors (Lipinski definition) is 8. The predicted molar refractivity (Wildman–Crippen MR) is 171 cm³/mol. The van der Waals surface area contributed by atoms with Crippen LogP contribution >= 0.6 is 0 Å². The van der Waals surface area contributed by atoms with Crippen LogP contribution in [0.3, 0.4) is 0 Å². The molecular weight excluding hydrogens is 600 g/mol. The molecule has 0 saturated carbocycles. The normalized spacial score (nSPS) is 11.8. The number of aryl methyl sites for hydroxylation is 1. The van der Waals surface area contributed by atoms with Crippen LogP contribution in [0, 0.1) is 17.0 Å². The van der Waals surface area contributed by atoms with E-state index in [4.69, 9.17) is 9.47 Å². The van der Waals surface area contributed by atoms with E-state index in [9.17, 15) is 28.1 Å². The Balaban J connectivity index is 2.11. The largest absolute Gasteiger partial charge is 0.497 e. The van der Waals surface area contributed by atoms with Crippen LogP contribution in [0.1, 0.15) is 44.2 Å². The number of nitrogens with one attached hydrogen (secondary N) is 1. The molecule has 3 aromatic carbocycles. The fourth-order valence-corrected chi connectivity index (χ4v) is 6.18. The molecule has 3 aromatic rings. The summed E-state index contributed by atoms with van der Waals surface area (Å²) in [7, 11) is -1.53. The van der Waals surface area contributed by atoms with Crippen LogP contribution in [-0.4, -0.2) is 63.4 Å². The highest BCUT2D eigenvalue weighted by molar-refractivity contribution is 7.92. The number of nitro benzene ring substituents is 1. The van der Waals surface area contributed by atoms with E-state index in [1.807, 2.05) is 6.92 Å². The molecule has 0 aromatic heterocycles. The summed E-state index contributed by atoms with van der Waals surface area (Å²) in [6, 6.07) is 15.8. The number of anilines is 1. The highest BCUT2D eigenvalue weighted by Gasteiger charge is 2.34. The fourth-order valence-electron chi connectivity index (χ4n) is 4.74. The van der Waals surface area contributed by atoms with Crippen LogP contribution in [0.5, 0.6) is 11.5 Å². The van der Waals surface area contributed by atoms with Crippen molar-refractivity contribution in [1.82, 2.24) is 10.2 Å². The fraction of sp³-hybridized carbons (Fsp3) is 0.375. The Morgan fingerprint density at radius 2 is 1.67 bits per heavy atom. The molecule has 45 heavy (non-hydrogen) atoms. The van der Waals surface area contributed by atoms with Gasteiger partial charge >= 0.3 is 0 Å². The minimum atomic E-state index is -4.51. The topological polar surface area (TPSA) is 148 Å². The molecule has 0 spiro atoms. The highest BCUT2D eigenvalue weighted by atomic mass is 32.2. The molecule has 13 heteroatoms. The van der Waals surface area contributed by atoms with Crippen LogP contribution in [0.15, 0.2) is 71.6 Å². The van der Waals surface area contributed by atoms with Crippen LogP contribution in [-0.2, 0) is 26.2 Å². The minimum absolute atomic E-state index is 0.00222. The van der Waals surface area contributed by atoms with Gasteiger partial charge in [0.05, 0.1) is 29.7 Å². The number of nitro groups is 1. The average molecular weight is 641 g/mol. The van der Waals surface area contributed by atoms with E-state index >= 15 is 0 Å². The van der Waals surface area contributed by atoms with Gasteiger partial charge in [-0.15, -0.1) is 0 Å². The Kier molecular flexibility index (Phi) is 12.3. The van der Waals surface area contributed by atoms with Crippen molar-refractivity contribution in [2.75, 3.05) is 31.6 Å². The summed E-state index contributed by atoms with van der Waals surface area (Å²) in [6.07, 6.45) is 1.90. The number of carbonyl (C=O) groups is 2. The molecule has 1 N–H and O–H groups in total. The lowest BCUT2D eigenvalue weighted by molar-refractivity contribution is -0.385. The van der Waals surface area contributed by atoms with E-state index in [0.29, 0.717) is 23.6 Å². The van der Waals surface area contributed by atoms with Crippen LogP contribution in [0.2, 0.25) is 0 Å². The van der Waals surface area contributed by atoms with Crippen molar-refractivity contribution >= 4 is 33.2 Å². The number of rotatable bonds is 16. The van der Waals surface area contributed by atoms with Crippen molar-refractivity contribution in [1.29, 1.82) is 0 Å². The molecule has 0 unspecified atom stereocenters. The number of amides is 2. The van der Waals surface area contributed by atoms with Crippen LogP contribution < -0.4 is 19.1 Å². The van der Waals surface area contributed by atoms with Crippen molar-refractivity contribution in [3.63, 3.8) is 0 Å². The summed E-state index contributed by atoms with van der Waals surface area (Å²) < 4.78 is 39.7. The van der Waals surface area contributed by atoms with E-state index in [2.05, 4.69) is 5.32 Å². The van der Waals surface area contributed by atoms with E-state index < -0.39 is 33.4 Å². The van der Waals surface area contributed by atoms with Gasteiger partial charge in [-0.2, -0.15) is 0 Å². The maximum atomic E-state index is 14.2. The molecule has 1 atom stereocenters. The molecular formula is C32H40N4O8S. The number of nitrogens with zero attached hydrogens (tertiary/aromatic N) is 3. The Morgan fingerprint density at radius 1 is 0.978 bits per heavy atom.